The Morgan fingerprint density at radius 3 is 2.55 bits per heavy atom. The van der Waals surface area contributed by atoms with Crippen LogP contribution in [0.2, 0.25) is 5.02 Å². The van der Waals surface area contributed by atoms with Crippen molar-refractivity contribution in [2.45, 2.75) is 20.0 Å². The number of amides is 1. The van der Waals surface area contributed by atoms with Crippen LogP contribution in [0.5, 0.6) is 0 Å². The van der Waals surface area contributed by atoms with Crippen LogP contribution in [-0.2, 0) is 17.9 Å². The number of aromatic nitrogens is 2. The third-order valence-electron chi connectivity index (χ3n) is 4.70. The van der Waals surface area contributed by atoms with Gasteiger partial charge in [0.25, 0.3) is 5.56 Å². The number of fused-ring (bicyclic) bond motifs is 3. The van der Waals surface area contributed by atoms with Crippen molar-refractivity contribution in [1.82, 2.24) is 14.5 Å². The molecule has 2 heterocycles. The number of likely N-dealkylation sites (N-methyl/N-ethyl adjacent to an activating group) is 1. The van der Waals surface area contributed by atoms with Gasteiger partial charge >= 0.3 is 5.69 Å². The Morgan fingerprint density at radius 1 is 1.07 bits per heavy atom. The van der Waals surface area contributed by atoms with E-state index in [1.165, 1.54) is 4.57 Å². The largest absolute Gasteiger partial charge is 0.449 e. The summed E-state index contributed by atoms with van der Waals surface area (Å²) >= 11 is 6.30. The van der Waals surface area contributed by atoms with Gasteiger partial charge in [0.1, 0.15) is 17.6 Å². The second-order valence-corrected chi connectivity index (χ2v) is 6.99. The van der Waals surface area contributed by atoms with Gasteiger partial charge in [-0.25, -0.2) is 9.36 Å². The van der Waals surface area contributed by atoms with Crippen LogP contribution in [0.4, 0.5) is 0 Å². The summed E-state index contributed by atoms with van der Waals surface area (Å²) in [6, 6.07) is 14.3. The molecule has 0 bridgehead atoms. The molecule has 0 unspecified atom stereocenters. The second-order valence-electron chi connectivity index (χ2n) is 6.58. The predicted molar refractivity (Wildman–Crippen MR) is 111 cm³/mol. The molecule has 8 heteroatoms. The molecule has 1 amide bonds. The van der Waals surface area contributed by atoms with Crippen LogP contribution in [0.15, 0.2) is 62.5 Å². The molecule has 0 saturated carbocycles. The van der Waals surface area contributed by atoms with Crippen LogP contribution in [0.1, 0.15) is 12.5 Å². The minimum Gasteiger partial charge on any atom is -0.449 e. The van der Waals surface area contributed by atoms with Crippen LogP contribution >= 0.6 is 11.6 Å². The Kier molecular flexibility index (Phi) is 4.98. The van der Waals surface area contributed by atoms with Crippen molar-refractivity contribution in [1.29, 1.82) is 0 Å². The van der Waals surface area contributed by atoms with Crippen LogP contribution in [-0.4, -0.2) is 21.6 Å². The molecule has 0 saturated heterocycles. The van der Waals surface area contributed by atoms with E-state index in [0.717, 1.165) is 4.57 Å². The van der Waals surface area contributed by atoms with Crippen molar-refractivity contribution in [3.05, 3.63) is 80.0 Å². The molecule has 2 aromatic heterocycles. The van der Waals surface area contributed by atoms with E-state index in [0.29, 0.717) is 33.6 Å². The first kappa shape index (κ1) is 19.0. The number of nitrogens with zero attached hydrogens (tertiary/aromatic N) is 2. The average Bonchev–Trinajstić information content (AvgIpc) is 3.10. The van der Waals surface area contributed by atoms with E-state index in [4.69, 9.17) is 16.0 Å². The van der Waals surface area contributed by atoms with Gasteiger partial charge in [0.05, 0.1) is 6.54 Å². The van der Waals surface area contributed by atoms with Gasteiger partial charge in [-0.3, -0.25) is 14.2 Å². The van der Waals surface area contributed by atoms with E-state index >= 15 is 0 Å². The number of hydrogen-bond donors (Lipinski definition) is 1. The zero-order valence-electron chi connectivity index (χ0n) is 15.6. The normalized spacial score (nSPS) is 11.2. The number of nitrogens with one attached hydrogen (secondary N) is 1. The first-order valence-electron chi connectivity index (χ1n) is 9.16. The Balaban J connectivity index is 2.03. The molecule has 0 aliphatic heterocycles. The summed E-state index contributed by atoms with van der Waals surface area (Å²) in [7, 11) is 0. The first-order chi connectivity index (χ1) is 14.0. The highest BCUT2D eigenvalue weighted by atomic mass is 35.5. The molecule has 2 aromatic carbocycles. The molecule has 29 heavy (non-hydrogen) atoms. The Morgan fingerprint density at radius 2 is 1.79 bits per heavy atom. The number of hydrogen-bond acceptors (Lipinski definition) is 4. The number of carbonyl (C=O) groups excluding carboxylic acids is 1. The lowest BCUT2D eigenvalue weighted by Crippen LogP contribution is -2.43. The Hall–Kier alpha value is -3.32. The summed E-state index contributed by atoms with van der Waals surface area (Å²) in [5.74, 6) is -0.425. The first-order valence-corrected chi connectivity index (χ1v) is 9.54. The monoisotopic (exact) mass is 411 g/mol. The van der Waals surface area contributed by atoms with Gasteiger partial charge in [0, 0.05) is 17.0 Å². The zero-order valence-corrected chi connectivity index (χ0v) is 16.4. The number of carbonyl (C=O) groups is 1. The van der Waals surface area contributed by atoms with E-state index < -0.39 is 17.2 Å². The lowest BCUT2D eigenvalue weighted by molar-refractivity contribution is -0.121. The molecule has 0 aliphatic rings. The standard InChI is InChI=1S/C21H18ClN3O4/c1-2-23-17(26)12-25-20(27)19-18(14-8-4-6-10-16(14)29-19)24(21(25)28)11-13-7-3-5-9-15(13)22/h3-10H,2,11-12H2,1H3,(H,23,26). The summed E-state index contributed by atoms with van der Waals surface area (Å²) in [6.07, 6.45) is 0. The molecule has 7 nitrogen and oxygen atoms in total. The smallest absolute Gasteiger partial charge is 0.332 e. The maximum Gasteiger partial charge on any atom is 0.332 e. The molecular formula is C21H18ClN3O4. The van der Waals surface area contributed by atoms with Crippen molar-refractivity contribution < 1.29 is 9.21 Å². The van der Waals surface area contributed by atoms with Crippen molar-refractivity contribution in [3.8, 4) is 0 Å². The number of para-hydroxylation sites is 1. The fourth-order valence-corrected chi connectivity index (χ4v) is 3.57. The lowest BCUT2D eigenvalue weighted by Gasteiger charge is -2.12. The molecule has 4 aromatic rings. The Bertz CT molecular complexity index is 1350. The fourth-order valence-electron chi connectivity index (χ4n) is 3.38. The zero-order chi connectivity index (χ0) is 20.5. The fraction of sp³-hybridized carbons (Fsp3) is 0.190. The molecular weight excluding hydrogens is 394 g/mol. The number of halogens is 1. The van der Waals surface area contributed by atoms with E-state index in [1.807, 2.05) is 18.2 Å². The Labute approximate surface area is 170 Å². The van der Waals surface area contributed by atoms with E-state index in [1.54, 1.807) is 37.3 Å². The van der Waals surface area contributed by atoms with Gasteiger partial charge in [-0.05, 0) is 30.7 Å². The molecule has 1 N–H and O–H groups in total. The van der Waals surface area contributed by atoms with Crippen LogP contribution in [0, 0.1) is 0 Å². The maximum atomic E-state index is 13.3. The summed E-state index contributed by atoms with van der Waals surface area (Å²) in [4.78, 5) is 38.3. The SMILES string of the molecule is CCNC(=O)Cn1c(=O)c2oc3ccccc3c2n(Cc2ccccc2Cl)c1=O. The van der Waals surface area contributed by atoms with Gasteiger partial charge in [-0.15, -0.1) is 0 Å². The van der Waals surface area contributed by atoms with Gasteiger partial charge in [0.2, 0.25) is 11.5 Å². The number of furan rings is 1. The van der Waals surface area contributed by atoms with E-state index in [2.05, 4.69) is 5.32 Å². The van der Waals surface area contributed by atoms with E-state index in [-0.39, 0.29) is 18.7 Å². The second kappa shape index (κ2) is 7.60. The van der Waals surface area contributed by atoms with Gasteiger partial charge in [-0.1, -0.05) is 41.9 Å². The average molecular weight is 412 g/mol. The summed E-state index contributed by atoms with van der Waals surface area (Å²) in [5.41, 5.74) is 0.390. The number of rotatable bonds is 5. The van der Waals surface area contributed by atoms with Gasteiger partial charge in [0.15, 0.2) is 0 Å². The van der Waals surface area contributed by atoms with E-state index in [9.17, 15) is 14.4 Å². The molecule has 0 radical (unpaired) electrons. The molecule has 0 aliphatic carbocycles. The minimum atomic E-state index is -0.636. The third kappa shape index (κ3) is 3.34. The van der Waals surface area contributed by atoms with Crippen LogP contribution in [0.25, 0.3) is 22.1 Å². The minimum absolute atomic E-state index is 0.0298. The highest BCUT2D eigenvalue weighted by Crippen LogP contribution is 2.26. The maximum absolute atomic E-state index is 13.3. The molecule has 0 atom stereocenters. The highest BCUT2D eigenvalue weighted by molar-refractivity contribution is 6.31. The molecule has 148 valence electrons. The van der Waals surface area contributed by atoms with Crippen molar-refractivity contribution in [3.63, 3.8) is 0 Å². The lowest BCUT2D eigenvalue weighted by atomic mass is 10.2. The summed E-state index contributed by atoms with van der Waals surface area (Å²) in [6.45, 7) is 1.91. The molecule has 0 fully saturated rings. The highest BCUT2D eigenvalue weighted by Gasteiger charge is 2.21. The van der Waals surface area contributed by atoms with Gasteiger partial charge in [-0.2, -0.15) is 0 Å². The molecule has 0 spiro atoms. The predicted octanol–water partition coefficient (Wildman–Crippen LogP) is 2.75. The molecule has 4 rings (SSSR count). The van der Waals surface area contributed by atoms with Crippen LogP contribution < -0.4 is 16.6 Å². The van der Waals surface area contributed by atoms with Crippen LogP contribution in [0.3, 0.4) is 0 Å². The topological polar surface area (TPSA) is 86.2 Å². The van der Waals surface area contributed by atoms with Gasteiger partial charge < -0.3 is 9.73 Å². The third-order valence-corrected chi connectivity index (χ3v) is 5.07. The summed E-state index contributed by atoms with van der Waals surface area (Å²) < 4.78 is 8.10. The number of benzene rings is 2. The van der Waals surface area contributed by atoms with Crippen molar-refractivity contribution in [2.75, 3.05) is 6.54 Å². The summed E-state index contributed by atoms with van der Waals surface area (Å²) in [5, 5.41) is 3.75. The van der Waals surface area contributed by atoms with Crippen molar-refractivity contribution >= 4 is 39.6 Å². The van der Waals surface area contributed by atoms with Crippen molar-refractivity contribution in [2.24, 2.45) is 0 Å². The quantitative estimate of drug-likeness (QED) is 0.547.